The summed E-state index contributed by atoms with van der Waals surface area (Å²) in [7, 11) is 2.82. The summed E-state index contributed by atoms with van der Waals surface area (Å²) in [6.07, 6.45) is 2.36. The second-order valence-corrected chi connectivity index (χ2v) is 6.91. The van der Waals surface area contributed by atoms with Gasteiger partial charge in [0.25, 0.3) is 0 Å². The van der Waals surface area contributed by atoms with Crippen molar-refractivity contribution in [3.05, 3.63) is 23.3 Å². The van der Waals surface area contributed by atoms with E-state index in [1.165, 1.54) is 14.2 Å². The van der Waals surface area contributed by atoms with Crippen molar-refractivity contribution in [2.24, 2.45) is 5.92 Å². The number of hydrogen-bond donors (Lipinski definition) is 1. The van der Waals surface area contributed by atoms with Gasteiger partial charge in [-0.15, -0.1) is 0 Å². The highest BCUT2D eigenvalue weighted by atomic mass is 16.6. The molecule has 2 aliphatic rings. The van der Waals surface area contributed by atoms with Gasteiger partial charge >= 0.3 is 12.0 Å². The second-order valence-electron chi connectivity index (χ2n) is 6.91. The van der Waals surface area contributed by atoms with E-state index >= 15 is 0 Å². The summed E-state index contributed by atoms with van der Waals surface area (Å²) >= 11 is 0. The number of cyclic esters (lactones) is 1. The predicted octanol–water partition coefficient (Wildman–Crippen LogP) is 2.19. The third kappa shape index (κ3) is 3.64. The third-order valence-corrected chi connectivity index (χ3v) is 5.15. The molecule has 9 nitrogen and oxygen atoms in total. The first-order valence-electron chi connectivity index (χ1n) is 9.56. The first kappa shape index (κ1) is 20.6. The Morgan fingerprint density at radius 2 is 1.83 bits per heavy atom. The Labute approximate surface area is 168 Å². The predicted molar refractivity (Wildman–Crippen MR) is 101 cm³/mol. The minimum atomic E-state index is -1.35. The number of barbiturate groups is 1. The number of amides is 4. The van der Waals surface area contributed by atoms with Crippen molar-refractivity contribution in [2.45, 2.75) is 38.7 Å². The SMILES string of the molecule is CCCCCCN1C(=O)NC(=O)[C@@H]([C@@H]2OC(=O)c3c2ccc(OC)c3OC)C1=O. The average Bonchev–Trinajstić information content (AvgIpc) is 3.02. The number of esters is 1. The highest BCUT2D eigenvalue weighted by Gasteiger charge is 2.51. The van der Waals surface area contributed by atoms with Crippen LogP contribution in [0.15, 0.2) is 12.1 Å². The van der Waals surface area contributed by atoms with Gasteiger partial charge in [-0.25, -0.2) is 9.59 Å². The van der Waals surface area contributed by atoms with Gasteiger partial charge in [-0.1, -0.05) is 32.3 Å². The molecule has 2 atom stereocenters. The molecule has 1 N–H and O–H groups in total. The van der Waals surface area contributed by atoms with Gasteiger partial charge in [-0.05, 0) is 12.5 Å². The second kappa shape index (κ2) is 8.50. The van der Waals surface area contributed by atoms with Gasteiger partial charge in [-0.2, -0.15) is 0 Å². The van der Waals surface area contributed by atoms with Crippen LogP contribution in [-0.2, 0) is 14.3 Å². The minimum absolute atomic E-state index is 0.115. The van der Waals surface area contributed by atoms with Crippen LogP contribution in [0.5, 0.6) is 11.5 Å². The molecule has 0 aliphatic carbocycles. The van der Waals surface area contributed by atoms with E-state index in [-0.39, 0.29) is 17.9 Å². The normalized spacial score (nSPS) is 21.0. The minimum Gasteiger partial charge on any atom is -0.493 e. The van der Waals surface area contributed by atoms with Crippen LogP contribution < -0.4 is 14.8 Å². The molecule has 1 aromatic carbocycles. The van der Waals surface area contributed by atoms with Crippen molar-refractivity contribution in [1.82, 2.24) is 10.2 Å². The number of hydrogen-bond acceptors (Lipinski definition) is 7. The van der Waals surface area contributed by atoms with Crippen LogP contribution in [0.25, 0.3) is 0 Å². The van der Waals surface area contributed by atoms with Gasteiger partial charge in [0.2, 0.25) is 11.8 Å². The molecule has 0 bridgehead atoms. The van der Waals surface area contributed by atoms with Crippen LogP contribution in [0.1, 0.15) is 54.6 Å². The zero-order valence-corrected chi connectivity index (χ0v) is 16.6. The first-order chi connectivity index (χ1) is 13.9. The lowest BCUT2D eigenvalue weighted by molar-refractivity contribution is -0.147. The largest absolute Gasteiger partial charge is 0.493 e. The van der Waals surface area contributed by atoms with E-state index in [0.29, 0.717) is 17.7 Å². The smallest absolute Gasteiger partial charge is 0.343 e. The Bertz CT molecular complexity index is 851. The fraction of sp³-hybridized carbons (Fsp3) is 0.500. The van der Waals surface area contributed by atoms with Crippen molar-refractivity contribution in [1.29, 1.82) is 0 Å². The van der Waals surface area contributed by atoms with Gasteiger partial charge in [-0.3, -0.25) is 19.8 Å². The van der Waals surface area contributed by atoms with Gasteiger partial charge in [0.05, 0.1) is 14.2 Å². The summed E-state index contributed by atoms with van der Waals surface area (Å²) in [5, 5.41) is 2.20. The Morgan fingerprint density at radius 3 is 2.48 bits per heavy atom. The molecule has 0 unspecified atom stereocenters. The van der Waals surface area contributed by atoms with Crippen molar-refractivity contribution in [3.8, 4) is 11.5 Å². The number of ether oxygens (including phenoxy) is 3. The van der Waals surface area contributed by atoms with E-state index < -0.39 is 35.8 Å². The molecule has 1 fully saturated rings. The number of urea groups is 1. The number of nitrogens with one attached hydrogen (secondary N) is 1. The number of nitrogens with zero attached hydrogens (tertiary/aromatic N) is 1. The van der Waals surface area contributed by atoms with Gasteiger partial charge < -0.3 is 14.2 Å². The molecule has 2 aliphatic heterocycles. The fourth-order valence-corrected chi connectivity index (χ4v) is 3.68. The number of unbranched alkanes of at least 4 members (excludes halogenated alkanes) is 3. The maximum atomic E-state index is 13.0. The fourth-order valence-electron chi connectivity index (χ4n) is 3.68. The Hall–Kier alpha value is -3.10. The summed E-state index contributed by atoms with van der Waals surface area (Å²) < 4.78 is 15.9. The van der Waals surface area contributed by atoms with Crippen LogP contribution in [0.4, 0.5) is 4.79 Å². The molecule has 1 saturated heterocycles. The number of imide groups is 2. The molecule has 4 amide bonds. The summed E-state index contributed by atoms with van der Waals surface area (Å²) in [6.45, 7) is 2.26. The number of methoxy groups -OCH3 is 2. The summed E-state index contributed by atoms with van der Waals surface area (Å²) in [5.41, 5.74) is 0.463. The maximum Gasteiger partial charge on any atom is 0.343 e. The molecular weight excluding hydrogens is 380 g/mol. The average molecular weight is 404 g/mol. The quantitative estimate of drug-likeness (QED) is 0.402. The highest BCUT2D eigenvalue weighted by Crippen LogP contribution is 2.45. The van der Waals surface area contributed by atoms with E-state index in [1.54, 1.807) is 12.1 Å². The molecule has 156 valence electrons. The third-order valence-electron chi connectivity index (χ3n) is 5.15. The van der Waals surface area contributed by atoms with E-state index in [0.717, 1.165) is 24.2 Å². The van der Waals surface area contributed by atoms with Gasteiger partial charge in [0.15, 0.2) is 17.4 Å². The van der Waals surface area contributed by atoms with Crippen LogP contribution in [-0.4, -0.2) is 49.5 Å². The molecule has 0 saturated carbocycles. The first-order valence-corrected chi connectivity index (χ1v) is 9.56. The molecule has 9 heteroatoms. The van der Waals surface area contributed by atoms with Crippen molar-refractivity contribution < 1.29 is 33.4 Å². The molecule has 0 spiro atoms. The Morgan fingerprint density at radius 1 is 1.07 bits per heavy atom. The maximum absolute atomic E-state index is 13.0. The van der Waals surface area contributed by atoms with Crippen molar-refractivity contribution >= 4 is 23.8 Å². The lowest BCUT2D eigenvalue weighted by Crippen LogP contribution is -2.59. The van der Waals surface area contributed by atoms with E-state index in [2.05, 4.69) is 12.2 Å². The van der Waals surface area contributed by atoms with Crippen LogP contribution in [0.2, 0.25) is 0 Å². The van der Waals surface area contributed by atoms with E-state index in [1.807, 2.05) is 0 Å². The number of fused-ring (bicyclic) bond motifs is 1. The zero-order valence-electron chi connectivity index (χ0n) is 16.6. The number of benzene rings is 1. The van der Waals surface area contributed by atoms with Gasteiger partial charge in [0.1, 0.15) is 11.7 Å². The van der Waals surface area contributed by atoms with Crippen LogP contribution in [0.3, 0.4) is 0 Å². The summed E-state index contributed by atoms with van der Waals surface area (Å²) in [5.74, 6) is -3.01. The summed E-state index contributed by atoms with van der Waals surface area (Å²) in [6, 6.07) is 2.39. The summed E-state index contributed by atoms with van der Waals surface area (Å²) in [4.78, 5) is 51.2. The van der Waals surface area contributed by atoms with Crippen molar-refractivity contribution in [3.63, 3.8) is 0 Å². The molecular formula is C20H24N2O7. The van der Waals surface area contributed by atoms with Gasteiger partial charge in [0, 0.05) is 12.1 Å². The number of carbonyl (C=O) groups is 4. The van der Waals surface area contributed by atoms with Crippen molar-refractivity contribution in [2.75, 3.05) is 20.8 Å². The Kier molecular flexibility index (Phi) is 6.05. The molecule has 29 heavy (non-hydrogen) atoms. The van der Waals surface area contributed by atoms with E-state index in [9.17, 15) is 19.2 Å². The Balaban J connectivity index is 1.90. The highest BCUT2D eigenvalue weighted by molar-refractivity contribution is 6.17. The van der Waals surface area contributed by atoms with Crippen LogP contribution >= 0.6 is 0 Å². The number of carbonyl (C=O) groups excluding carboxylic acids is 4. The van der Waals surface area contributed by atoms with E-state index in [4.69, 9.17) is 14.2 Å². The standard InChI is InChI=1S/C20H24N2O7/c1-4-5-6-7-10-22-18(24)14(17(23)21-20(22)26)15-11-8-9-12(27-2)16(28-3)13(11)19(25)29-15/h8-9,14-15H,4-7,10H2,1-3H3,(H,21,23,26)/t14-,15-/m1/s1. The monoisotopic (exact) mass is 404 g/mol. The topological polar surface area (TPSA) is 111 Å². The number of rotatable bonds is 8. The molecule has 0 radical (unpaired) electrons. The van der Waals surface area contributed by atoms with Crippen LogP contribution in [0, 0.1) is 5.92 Å². The molecule has 2 heterocycles. The lowest BCUT2D eigenvalue weighted by Gasteiger charge is -2.32. The molecule has 1 aromatic rings. The zero-order chi connectivity index (χ0) is 21.1. The molecule has 0 aromatic heterocycles. The lowest BCUT2D eigenvalue weighted by atomic mass is 9.90. The molecule has 3 rings (SSSR count).